The van der Waals surface area contributed by atoms with Crippen molar-refractivity contribution >= 4 is 25.4 Å². The molecule has 0 bridgehead atoms. The van der Waals surface area contributed by atoms with Crippen molar-refractivity contribution in [3.05, 3.63) is 34.4 Å². The van der Waals surface area contributed by atoms with E-state index in [1.807, 2.05) is 0 Å². The Kier molecular flexibility index (Phi) is 10.8. The van der Waals surface area contributed by atoms with Gasteiger partial charge in [-0.3, -0.25) is 10.1 Å². The molecule has 0 aromatic heterocycles. The van der Waals surface area contributed by atoms with Gasteiger partial charge in [0.25, 0.3) is 5.69 Å². The van der Waals surface area contributed by atoms with Crippen LogP contribution in [-0.4, -0.2) is 19.1 Å². The molecule has 142 valence electrons. The van der Waals surface area contributed by atoms with Gasteiger partial charge in [0, 0.05) is 16.9 Å². The lowest BCUT2D eigenvalue weighted by molar-refractivity contribution is -0.387. The van der Waals surface area contributed by atoms with E-state index in [4.69, 9.17) is 0 Å². The van der Waals surface area contributed by atoms with Crippen LogP contribution in [0.5, 0.6) is 0 Å². The van der Waals surface area contributed by atoms with Gasteiger partial charge < -0.3 is 0 Å². The van der Waals surface area contributed by atoms with Gasteiger partial charge >= 0.3 is 0 Å². The summed E-state index contributed by atoms with van der Waals surface area (Å²) in [7, 11) is -2.78. The Hall–Kier alpha value is -1.08. The zero-order chi connectivity index (χ0) is 18.5. The summed E-state index contributed by atoms with van der Waals surface area (Å²) >= 11 is 0. The first-order valence-corrected chi connectivity index (χ1v) is 12.1. The minimum absolute atomic E-state index is 0.0697. The average Bonchev–Trinajstić information content (AvgIpc) is 2.56. The summed E-state index contributed by atoms with van der Waals surface area (Å²) in [6, 6.07) is 5.97. The Morgan fingerprint density at radius 3 is 2.00 bits per heavy atom. The maximum Gasteiger partial charge on any atom is 0.283 e. The van der Waals surface area contributed by atoms with E-state index in [2.05, 4.69) is 6.92 Å². The van der Waals surface area contributed by atoms with Crippen molar-refractivity contribution in [1.29, 1.82) is 0 Å². The lowest BCUT2D eigenvalue weighted by atomic mass is 10.1. The van der Waals surface area contributed by atoms with E-state index >= 15 is 0 Å². The minimum atomic E-state index is -3.39. The van der Waals surface area contributed by atoms with E-state index in [9.17, 15) is 18.5 Å². The van der Waals surface area contributed by atoms with Gasteiger partial charge in [-0.2, -0.15) is 0 Å². The van der Waals surface area contributed by atoms with Gasteiger partial charge in [0.15, 0.2) is 0 Å². The summed E-state index contributed by atoms with van der Waals surface area (Å²) in [4.78, 5) is 10.6. The number of hydrogen-bond donors (Lipinski definition) is 0. The second kappa shape index (κ2) is 12.3. The number of nitrogens with zero attached hydrogens (tertiary/aromatic N) is 1. The van der Waals surface area contributed by atoms with Crippen LogP contribution in [0.4, 0.5) is 5.69 Å². The summed E-state index contributed by atoms with van der Waals surface area (Å²) in [5.74, 6) is 0.0697. The molecule has 0 amide bonds. The molecule has 0 saturated carbocycles. The highest BCUT2D eigenvalue weighted by Crippen LogP contribution is 2.33. The first-order valence-electron chi connectivity index (χ1n) is 9.12. The molecule has 0 unspecified atom stereocenters. The van der Waals surface area contributed by atoms with Crippen LogP contribution < -0.4 is 0 Å². The molecule has 0 spiro atoms. The quantitative estimate of drug-likeness (QED) is 0.171. The van der Waals surface area contributed by atoms with Crippen LogP contribution in [0, 0.1) is 10.1 Å². The third-order valence-corrected chi connectivity index (χ3v) is 7.39. The number of benzene rings is 1. The van der Waals surface area contributed by atoms with Gasteiger partial charge in [-0.15, -0.1) is 0 Å². The summed E-state index contributed by atoms with van der Waals surface area (Å²) in [5.41, 5.74) is -0.154. The molecule has 7 heteroatoms. The molecule has 0 atom stereocenters. The van der Waals surface area contributed by atoms with Crippen LogP contribution in [0.2, 0.25) is 0 Å². The zero-order valence-electron chi connectivity index (χ0n) is 15.0. The number of para-hydroxylation sites is 1. The molecule has 0 aliphatic rings. The van der Waals surface area contributed by atoms with Gasteiger partial charge in [0.05, 0.1) is 10.7 Å². The monoisotopic (exact) mass is 387 g/mol. The van der Waals surface area contributed by atoms with Crippen LogP contribution in [0.1, 0.15) is 71.1 Å². The standard InChI is InChI=1S/C18H29NO4S2/c1-2-3-4-5-6-7-8-9-10-13-16-25(22,23)24-18-15-12-11-14-17(18)19(20)21/h11-12,14-15H,2-10,13,16H2,1H3. The van der Waals surface area contributed by atoms with E-state index in [0.29, 0.717) is 17.2 Å². The second-order valence-electron chi connectivity index (χ2n) is 6.25. The van der Waals surface area contributed by atoms with E-state index in [1.54, 1.807) is 6.07 Å². The average molecular weight is 388 g/mol. The molecule has 0 N–H and O–H groups in total. The van der Waals surface area contributed by atoms with Crippen molar-refractivity contribution in [3.63, 3.8) is 0 Å². The molecule has 0 aliphatic carbocycles. The highest BCUT2D eigenvalue weighted by Gasteiger charge is 2.20. The number of nitro groups is 1. The van der Waals surface area contributed by atoms with E-state index in [0.717, 1.165) is 19.3 Å². The maximum atomic E-state index is 12.2. The van der Waals surface area contributed by atoms with Crippen molar-refractivity contribution in [2.45, 2.75) is 76.0 Å². The maximum absolute atomic E-state index is 12.2. The Bertz CT molecular complexity index is 617. The highest BCUT2D eigenvalue weighted by atomic mass is 33.1. The van der Waals surface area contributed by atoms with Crippen LogP contribution in [0.25, 0.3) is 0 Å². The van der Waals surface area contributed by atoms with Crippen LogP contribution in [-0.2, 0) is 8.87 Å². The van der Waals surface area contributed by atoms with Gasteiger partial charge in [-0.1, -0.05) is 76.8 Å². The number of hydrogen-bond acceptors (Lipinski definition) is 5. The van der Waals surface area contributed by atoms with Crippen LogP contribution in [0.3, 0.4) is 0 Å². The Morgan fingerprint density at radius 1 is 0.920 bits per heavy atom. The molecule has 1 rings (SSSR count). The fourth-order valence-corrected chi connectivity index (χ4v) is 5.75. The fraction of sp³-hybridized carbons (Fsp3) is 0.667. The third-order valence-electron chi connectivity index (χ3n) is 4.03. The first-order chi connectivity index (χ1) is 12.0. The van der Waals surface area contributed by atoms with Crippen molar-refractivity contribution in [2.75, 3.05) is 5.75 Å². The molecule has 25 heavy (non-hydrogen) atoms. The minimum Gasteiger partial charge on any atom is -0.258 e. The topological polar surface area (TPSA) is 77.3 Å². The number of rotatable bonds is 14. The predicted octanol–water partition coefficient (Wildman–Crippen LogP) is 5.94. The van der Waals surface area contributed by atoms with E-state index in [-0.39, 0.29) is 16.3 Å². The van der Waals surface area contributed by atoms with E-state index < -0.39 is 13.8 Å². The molecular weight excluding hydrogens is 358 g/mol. The van der Waals surface area contributed by atoms with Crippen molar-refractivity contribution < 1.29 is 13.3 Å². The molecule has 1 aromatic rings. The van der Waals surface area contributed by atoms with E-state index in [1.165, 1.54) is 56.7 Å². The van der Waals surface area contributed by atoms with Crippen LogP contribution in [0.15, 0.2) is 29.2 Å². The highest BCUT2D eigenvalue weighted by molar-refractivity contribution is 8.72. The van der Waals surface area contributed by atoms with Gasteiger partial charge in [-0.25, -0.2) is 8.42 Å². The normalized spacial score (nSPS) is 11.6. The molecular formula is C18H29NO4S2. The molecule has 1 aromatic carbocycles. The lowest BCUT2D eigenvalue weighted by Gasteiger charge is -2.05. The summed E-state index contributed by atoms with van der Waals surface area (Å²) in [6.07, 6.45) is 11.4. The summed E-state index contributed by atoms with van der Waals surface area (Å²) in [5, 5.41) is 10.9. The zero-order valence-corrected chi connectivity index (χ0v) is 16.6. The molecule has 5 nitrogen and oxygen atoms in total. The second-order valence-corrected chi connectivity index (χ2v) is 10.4. The van der Waals surface area contributed by atoms with Crippen LogP contribution >= 0.6 is 10.8 Å². The first kappa shape index (κ1) is 22.0. The van der Waals surface area contributed by atoms with Crippen molar-refractivity contribution in [2.24, 2.45) is 0 Å². The van der Waals surface area contributed by atoms with Crippen molar-refractivity contribution in [1.82, 2.24) is 0 Å². The smallest absolute Gasteiger partial charge is 0.258 e. The SMILES string of the molecule is CCCCCCCCCCCCS(=O)(=O)Sc1ccccc1[N+](=O)[O-]. The Labute approximate surface area is 155 Å². The Morgan fingerprint density at radius 2 is 1.44 bits per heavy atom. The summed E-state index contributed by atoms with van der Waals surface area (Å²) < 4.78 is 24.3. The van der Waals surface area contributed by atoms with Gasteiger partial charge in [0.2, 0.25) is 8.87 Å². The largest absolute Gasteiger partial charge is 0.283 e. The third kappa shape index (κ3) is 9.84. The molecule has 0 radical (unpaired) electrons. The molecule has 0 heterocycles. The van der Waals surface area contributed by atoms with Crippen molar-refractivity contribution in [3.8, 4) is 0 Å². The Balaban J connectivity index is 2.23. The number of unbranched alkanes of at least 4 members (excludes halogenated alkanes) is 9. The van der Waals surface area contributed by atoms with Gasteiger partial charge in [0.1, 0.15) is 4.90 Å². The molecule has 0 saturated heterocycles. The lowest BCUT2D eigenvalue weighted by Crippen LogP contribution is -2.02. The number of nitro benzene ring substituents is 1. The molecule has 0 aliphatic heterocycles. The predicted molar refractivity (Wildman–Crippen MR) is 105 cm³/mol. The molecule has 0 fully saturated rings. The van der Waals surface area contributed by atoms with Gasteiger partial charge in [-0.05, 0) is 12.5 Å². The summed E-state index contributed by atoms with van der Waals surface area (Å²) in [6.45, 7) is 2.21. The fourth-order valence-electron chi connectivity index (χ4n) is 2.62.